The zero-order chi connectivity index (χ0) is 10.7. The lowest BCUT2D eigenvalue weighted by Gasteiger charge is -2.04. The lowest BCUT2D eigenvalue weighted by atomic mass is 10.1. The molecule has 1 aromatic carbocycles. The van der Waals surface area contributed by atoms with Gasteiger partial charge in [-0.15, -0.1) is 12.6 Å². The van der Waals surface area contributed by atoms with Crippen molar-refractivity contribution in [3.63, 3.8) is 0 Å². The van der Waals surface area contributed by atoms with Crippen molar-refractivity contribution in [1.29, 1.82) is 5.26 Å². The second kappa shape index (κ2) is 4.20. The van der Waals surface area contributed by atoms with Crippen LogP contribution in [0.4, 0.5) is 0 Å². The van der Waals surface area contributed by atoms with Crippen LogP contribution < -0.4 is 0 Å². The van der Waals surface area contributed by atoms with Crippen LogP contribution in [0.2, 0.25) is 0 Å². The van der Waals surface area contributed by atoms with E-state index in [0.717, 1.165) is 12.1 Å². The summed E-state index contributed by atoms with van der Waals surface area (Å²) in [7, 11) is 0. The third kappa shape index (κ3) is 2.20. The molecule has 0 atom stereocenters. The average Bonchev–Trinajstić information content (AvgIpc) is 2.66. The molecule has 2 rings (SSSR count). The van der Waals surface area contributed by atoms with E-state index in [1.54, 1.807) is 6.20 Å². The van der Waals surface area contributed by atoms with Gasteiger partial charge in [-0.3, -0.25) is 0 Å². The molecule has 1 aromatic heterocycles. The van der Waals surface area contributed by atoms with E-state index >= 15 is 0 Å². The highest BCUT2D eigenvalue weighted by atomic mass is 32.1. The van der Waals surface area contributed by atoms with E-state index in [4.69, 9.17) is 5.26 Å². The zero-order valence-electron chi connectivity index (χ0n) is 7.96. The van der Waals surface area contributed by atoms with Gasteiger partial charge in [0.1, 0.15) is 0 Å². The Hall–Kier alpha value is -1.73. The summed E-state index contributed by atoms with van der Waals surface area (Å²) in [4.78, 5) is 4.02. The molecule has 0 aliphatic carbocycles. The van der Waals surface area contributed by atoms with Crippen LogP contribution in [0.3, 0.4) is 0 Å². The van der Waals surface area contributed by atoms with E-state index in [0.29, 0.717) is 10.7 Å². The second-order valence-corrected chi connectivity index (χ2v) is 3.56. The standard InChI is InChI=1S/C11H9N3S/c12-7-9-1-3-10(4-2-9)8-14-6-5-13-11(14)15/h1-6H,8H2,(H,13,15). The summed E-state index contributed by atoms with van der Waals surface area (Å²) in [5.41, 5.74) is 1.80. The Labute approximate surface area is 93.4 Å². The Morgan fingerprint density at radius 2 is 2.07 bits per heavy atom. The molecule has 0 unspecified atom stereocenters. The highest BCUT2D eigenvalue weighted by molar-refractivity contribution is 7.80. The fourth-order valence-electron chi connectivity index (χ4n) is 1.33. The van der Waals surface area contributed by atoms with Crippen LogP contribution in [0.15, 0.2) is 41.8 Å². The van der Waals surface area contributed by atoms with Gasteiger partial charge in [0.25, 0.3) is 0 Å². The maximum atomic E-state index is 8.65. The van der Waals surface area contributed by atoms with Crippen LogP contribution in [0.1, 0.15) is 11.1 Å². The number of hydrogen-bond acceptors (Lipinski definition) is 3. The minimum atomic E-state index is 0.676. The molecule has 0 bridgehead atoms. The Bertz CT molecular complexity index is 493. The van der Waals surface area contributed by atoms with Crippen molar-refractivity contribution in [2.75, 3.05) is 0 Å². The van der Waals surface area contributed by atoms with Gasteiger partial charge in [0.05, 0.1) is 11.6 Å². The summed E-state index contributed by atoms with van der Waals surface area (Å²) < 4.78 is 1.94. The topological polar surface area (TPSA) is 41.6 Å². The highest BCUT2D eigenvalue weighted by Crippen LogP contribution is 2.09. The van der Waals surface area contributed by atoms with Crippen LogP contribution in [-0.4, -0.2) is 9.55 Å². The molecule has 0 fully saturated rings. The van der Waals surface area contributed by atoms with E-state index in [2.05, 4.69) is 23.7 Å². The van der Waals surface area contributed by atoms with Crippen molar-refractivity contribution >= 4 is 12.6 Å². The first-order valence-electron chi connectivity index (χ1n) is 4.49. The molecular weight excluding hydrogens is 206 g/mol. The van der Waals surface area contributed by atoms with Gasteiger partial charge < -0.3 is 4.57 Å². The van der Waals surface area contributed by atoms with Crippen molar-refractivity contribution in [1.82, 2.24) is 9.55 Å². The third-order valence-electron chi connectivity index (χ3n) is 2.13. The number of imidazole rings is 1. The van der Waals surface area contributed by atoms with Crippen LogP contribution in [-0.2, 0) is 6.54 Å². The molecule has 74 valence electrons. The maximum absolute atomic E-state index is 8.65. The predicted molar refractivity (Wildman–Crippen MR) is 59.7 cm³/mol. The van der Waals surface area contributed by atoms with Crippen LogP contribution in [0.5, 0.6) is 0 Å². The van der Waals surface area contributed by atoms with Crippen molar-refractivity contribution in [3.05, 3.63) is 47.8 Å². The molecule has 0 aliphatic heterocycles. The predicted octanol–water partition coefficient (Wildman–Crippen LogP) is 2.09. The summed E-state index contributed by atoms with van der Waals surface area (Å²) >= 11 is 4.22. The van der Waals surface area contributed by atoms with Crippen LogP contribution >= 0.6 is 12.6 Å². The molecular formula is C11H9N3S. The number of hydrogen-bond donors (Lipinski definition) is 1. The minimum Gasteiger partial charge on any atom is -0.322 e. The molecule has 0 radical (unpaired) electrons. The summed E-state index contributed by atoms with van der Waals surface area (Å²) in [6, 6.07) is 9.58. The monoisotopic (exact) mass is 215 g/mol. The summed E-state index contributed by atoms with van der Waals surface area (Å²) in [5, 5.41) is 9.35. The SMILES string of the molecule is N#Cc1ccc(Cn2ccnc2S)cc1. The van der Waals surface area contributed by atoms with E-state index < -0.39 is 0 Å². The zero-order valence-corrected chi connectivity index (χ0v) is 8.85. The molecule has 0 N–H and O–H groups in total. The van der Waals surface area contributed by atoms with Crippen molar-refractivity contribution < 1.29 is 0 Å². The van der Waals surface area contributed by atoms with Gasteiger partial charge in [0.2, 0.25) is 0 Å². The Morgan fingerprint density at radius 3 is 2.60 bits per heavy atom. The van der Waals surface area contributed by atoms with Crippen molar-refractivity contribution in [2.45, 2.75) is 11.7 Å². The number of rotatable bonds is 2. The van der Waals surface area contributed by atoms with Gasteiger partial charge in [-0.05, 0) is 17.7 Å². The van der Waals surface area contributed by atoms with Crippen molar-refractivity contribution in [2.24, 2.45) is 0 Å². The number of thiol groups is 1. The van der Waals surface area contributed by atoms with Gasteiger partial charge in [-0.25, -0.2) is 4.98 Å². The Morgan fingerprint density at radius 1 is 1.33 bits per heavy atom. The highest BCUT2D eigenvalue weighted by Gasteiger charge is 1.99. The summed E-state index contributed by atoms with van der Waals surface area (Å²) in [6.45, 7) is 0.727. The van der Waals surface area contributed by atoms with E-state index in [1.807, 2.05) is 35.0 Å². The summed E-state index contributed by atoms with van der Waals surface area (Å²) in [5.74, 6) is 0. The third-order valence-corrected chi connectivity index (χ3v) is 2.50. The number of benzene rings is 1. The lowest BCUT2D eigenvalue weighted by Crippen LogP contribution is -1.98. The largest absolute Gasteiger partial charge is 0.322 e. The molecule has 4 heteroatoms. The summed E-state index contributed by atoms with van der Waals surface area (Å²) in [6.07, 6.45) is 3.59. The van der Waals surface area contributed by atoms with Gasteiger partial charge in [-0.2, -0.15) is 5.26 Å². The van der Waals surface area contributed by atoms with Gasteiger partial charge in [-0.1, -0.05) is 12.1 Å². The van der Waals surface area contributed by atoms with Crippen LogP contribution in [0, 0.1) is 11.3 Å². The van der Waals surface area contributed by atoms with E-state index in [-0.39, 0.29) is 0 Å². The lowest BCUT2D eigenvalue weighted by molar-refractivity contribution is 0.711. The molecule has 0 saturated heterocycles. The molecule has 2 aromatic rings. The Kier molecular flexibility index (Phi) is 2.75. The van der Waals surface area contributed by atoms with Crippen LogP contribution in [0.25, 0.3) is 0 Å². The quantitative estimate of drug-likeness (QED) is 0.779. The first-order chi connectivity index (χ1) is 7.29. The Balaban J connectivity index is 2.19. The van der Waals surface area contributed by atoms with Crippen molar-refractivity contribution in [3.8, 4) is 6.07 Å². The van der Waals surface area contributed by atoms with E-state index in [9.17, 15) is 0 Å². The number of aromatic nitrogens is 2. The van der Waals surface area contributed by atoms with Gasteiger partial charge >= 0.3 is 0 Å². The van der Waals surface area contributed by atoms with E-state index in [1.165, 1.54) is 0 Å². The number of nitrogens with zero attached hydrogens (tertiary/aromatic N) is 3. The molecule has 15 heavy (non-hydrogen) atoms. The molecule has 0 amide bonds. The molecule has 0 saturated carbocycles. The van der Waals surface area contributed by atoms with Gasteiger partial charge in [0, 0.05) is 18.9 Å². The first kappa shape index (κ1) is 9.81. The smallest absolute Gasteiger partial charge is 0.165 e. The second-order valence-electron chi connectivity index (χ2n) is 3.16. The fraction of sp³-hybridized carbons (Fsp3) is 0.0909. The molecule has 0 aliphatic rings. The molecule has 0 spiro atoms. The fourth-order valence-corrected chi connectivity index (χ4v) is 1.53. The minimum absolute atomic E-state index is 0.676. The first-order valence-corrected chi connectivity index (χ1v) is 4.93. The maximum Gasteiger partial charge on any atom is 0.165 e. The number of nitriles is 1. The van der Waals surface area contributed by atoms with Gasteiger partial charge in [0.15, 0.2) is 5.16 Å². The molecule has 1 heterocycles. The molecule has 3 nitrogen and oxygen atoms in total. The normalized spacial score (nSPS) is 9.87. The average molecular weight is 215 g/mol.